The molecular formula is C25H28N6. The number of nitrogens with zero attached hydrogens (tertiary/aromatic N) is 4. The molecule has 1 aliphatic carbocycles. The van der Waals surface area contributed by atoms with Gasteiger partial charge in [0.1, 0.15) is 17.5 Å². The Morgan fingerprint density at radius 3 is 2.77 bits per heavy atom. The summed E-state index contributed by atoms with van der Waals surface area (Å²) in [5, 5.41) is 16.8. The van der Waals surface area contributed by atoms with E-state index in [1.54, 1.807) is 6.20 Å². The van der Waals surface area contributed by atoms with Crippen molar-refractivity contribution in [2.45, 2.75) is 45.2 Å². The van der Waals surface area contributed by atoms with Crippen LogP contribution < -0.4 is 10.6 Å². The van der Waals surface area contributed by atoms with E-state index >= 15 is 0 Å². The Kier molecular flexibility index (Phi) is 6.32. The van der Waals surface area contributed by atoms with E-state index in [1.165, 1.54) is 18.4 Å². The van der Waals surface area contributed by atoms with E-state index in [0.717, 1.165) is 36.5 Å². The first-order valence-electron chi connectivity index (χ1n) is 10.8. The third-order valence-corrected chi connectivity index (χ3v) is 5.73. The molecule has 0 bridgehead atoms. The van der Waals surface area contributed by atoms with Crippen LogP contribution in [0.2, 0.25) is 0 Å². The fourth-order valence-electron chi connectivity index (χ4n) is 4.03. The molecular weight excluding hydrogens is 384 g/mol. The molecule has 2 aromatic rings. The van der Waals surface area contributed by atoms with E-state index in [9.17, 15) is 5.26 Å². The number of nitriles is 1. The van der Waals surface area contributed by atoms with Crippen molar-refractivity contribution < 1.29 is 0 Å². The monoisotopic (exact) mass is 412 g/mol. The van der Waals surface area contributed by atoms with Crippen LogP contribution in [-0.2, 0) is 6.54 Å². The molecule has 31 heavy (non-hydrogen) atoms. The van der Waals surface area contributed by atoms with Gasteiger partial charge < -0.3 is 15.5 Å². The Balaban J connectivity index is 1.56. The molecule has 2 aliphatic rings. The van der Waals surface area contributed by atoms with Crippen LogP contribution in [0.5, 0.6) is 0 Å². The summed E-state index contributed by atoms with van der Waals surface area (Å²) >= 11 is 0. The predicted octanol–water partition coefficient (Wildman–Crippen LogP) is 4.51. The number of hydrogen-bond acceptors (Lipinski definition) is 6. The summed E-state index contributed by atoms with van der Waals surface area (Å²) in [4.78, 5) is 11.3. The highest BCUT2D eigenvalue weighted by molar-refractivity contribution is 5.81. The summed E-state index contributed by atoms with van der Waals surface area (Å²) in [5.41, 5.74) is 4.03. The van der Waals surface area contributed by atoms with E-state index in [1.807, 2.05) is 50.4 Å². The van der Waals surface area contributed by atoms with E-state index in [4.69, 9.17) is 4.98 Å². The molecule has 0 radical (unpaired) electrons. The van der Waals surface area contributed by atoms with Crippen molar-refractivity contribution in [1.82, 2.24) is 20.2 Å². The van der Waals surface area contributed by atoms with E-state index in [-0.39, 0.29) is 0 Å². The lowest BCUT2D eigenvalue weighted by Crippen LogP contribution is -2.29. The van der Waals surface area contributed by atoms with Crippen molar-refractivity contribution in [2.75, 3.05) is 12.4 Å². The lowest BCUT2D eigenvalue weighted by molar-refractivity contribution is 0.387. The molecule has 2 heterocycles. The lowest BCUT2D eigenvalue weighted by atomic mass is 10.1. The second-order valence-corrected chi connectivity index (χ2v) is 8.13. The first kappa shape index (κ1) is 20.7. The summed E-state index contributed by atoms with van der Waals surface area (Å²) < 4.78 is 0. The molecule has 1 aromatic heterocycles. The maximum Gasteiger partial charge on any atom is 0.223 e. The van der Waals surface area contributed by atoms with Crippen LogP contribution in [0.15, 0.2) is 66.3 Å². The van der Waals surface area contributed by atoms with Crippen LogP contribution >= 0.6 is 0 Å². The van der Waals surface area contributed by atoms with Gasteiger partial charge in [0.15, 0.2) is 0 Å². The van der Waals surface area contributed by atoms with Gasteiger partial charge in [-0.3, -0.25) is 0 Å². The van der Waals surface area contributed by atoms with Crippen LogP contribution in [0.3, 0.4) is 0 Å². The number of allylic oxidation sites excluding steroid dienone is 4. The van der Waals surface area contributed by atoms with Crippen LogP contribution in [0.25, 0.3) is 5.57 Å². The fraction of sp³-hybridized carbons (Fsp3) is 0.320. The molecule has 6 nitrogen and oxygen atoms in total. The second-order valence-electron chi connectivity index (χ2n) is 8.13. The van der Waals surface area contributed by atoms with Crippen LogP contribution in [0.4, 0.5) is 5.95 Å². The zero-order valence-electron chi connectivity index (χ0n) is 18.1. The van der Waals surface area contributed by atoms with Crippen molar-refractivity contribution in [2.24, 2.45) is 0 Å². The van der Waals surface area contributed by atoms with E-state index < -0.39 is 0 Å². The van der Waals surface area contributed by atoms with Gasteiger partial charge in [-0.15, -0.1) is 0 Å². The minimum atomic E-state index is 0.419. The molecule has 158 valence electrons. The number of hydrogen-bond donors (Lipinski definition) is 2. The quantitative estimate of drug-likeness (QED) is 0.680. The van der Waals surface area contributed by atoms with Gasteiger partial charge in [0.25, 0.3) is 0 Å². The molecule has 0 amide bonds. The zero-order valence-corrected chi connectivity index (χ0v) is 18.1. The van der Waals surface area contributed by atoms with Crippen molar-refractivity contribution in [3.05, 3.63) is 83.1 Å². The number of nitrogens with one attached hydrogen (secondary N) is 2. The number of aromatic nitrogens is 2. The molecule has 2 N–H and O–H groups in total. The molecule has 0 saturated heterocycles. The normalized spacial score (nSPS) is 17.5. The Morgan fingerprint density at radius 2 is 2.03 bits per heavy atom. The minimum absolute atomic E-state index is 0.419. The Labute approximate surface area is 184 Å². The van der Waals surface area contributed by atoms with Gasteiger partial charge in [-0.25, -0.2) is 9.97 Å². The van der Waals surface area contributed by atoms with Crippen molar-refractivity contribution in [1.29, 1.82) is 5.26 Å². The second kappa shape index (κ2) is 9.48. The zero-order chi connectivity index (χ0) is 21.6. The van der Waals surface area contributed by atoms with Crippen LogP contribution in [-0.4, -0.2) is 28.0 Å². The first-order valence-corrected chi connectivity index (χ1v) is 10.8. The first-order chi connectivity index (χ1) is 15.1. The van der Waals surface area contributed by atoms with Crippen molar-refractivity contribution >= 4 is 11.5 Å². The van der Waals surface area contributed by atoms with Gasteiger partial charge in [0.2, 0.25) is 5.95 Å². The Morgan fingerprint density at radius 1 is 1.26 bits per heavy atom. The molecule has 6 heteroatoms. The Hall–Kier alpha value is -3.59. The van der Waals surface area contributed by atoms with E-state index in [2.05, 4.69) is 38.7 Å². The molecule has 0 spiro atoms. The minimum Gasteiger partial charge on any atom is -0.357 e. The average molecular weight is 413 g/mol. The topological polar surface area (TPSA) is 76.9 Å². The molecule has 1 aliphatic heterocycles. The summed E-state index contributed by atoms with van der Waals surface area (Å²) in [5.74, 6) is 1.53. The van der Waals surface area contributed by atoms with Gasteiger partial charge >= 0.3 is 0 Å². The standard InChI is InChI=1S/C25H28N6/c1-18-16-27-25(28-20-11-6-7-12-20)30-24(18)21(15-26)22-13-8-14-23(29-22)31(2)17-19-9-4-3-5-10-19/h3-5,8-10,13-14,16,20,29H,6-7,11-12,17H2,1-2H3,(H,27,28,30)/b22-21-. The maximum atomic E-state index is 10.00. The summed E-state index contributed by atoms with van der Waals surface area (Å²) in [6, 6.07) is 13.1. The van der Waals surface area contributed by atoms with Crippen LogP contribution in [0.1, 0.15) is 42.5 Å². The van der Waals surface area contributed by atoms with Gasteiger partial charge in [-0.1, -0.05) is 49.2 Å². The number of benzene rings is 1. The van der Waals surface area contributed by atoms with Crippen molar-refractivity contribution in [3.8, 4) is 6.07 Å². The predicted molar refractivity (Wildman–Crippen MR) is 123 cm³/mol. The highest BCUT2D eigenvalue weighted by Gasteiger charge is 2.19. The summed E-state index contributed by atoms with van der Waals surface area (Å²) in [6.45, 7) is 2.71. The van der Waals surface area contributed by atoms with E-state index in [0.29, 0.717) is 23.3 Å². The third kappa shape index (κ3) is 4.95. The SMILES string of the molecule is Cc1cnc(NC2CCCC2)nc1/C(C#N)=C1/C=CC=C(N(C)Cc2ccccc2)N1. The highest BCUT2D eigenvalue weighted by atomic mass is 15.2. The molecule has 0 unspecified atom stereocenters. The van der Waals surface area contributed by atoms with Gasteiger partial charge in [0.05, 0.1) is 11.4 Å². The van der Waals surface area contributed by atoms with Gasteiger partial charge in [-0.2, -0.15) is 5.26 Å². The van der Waals surface area contributed by atoms with Gasteiger partial charge in [-0.05, 0) is 43.0 Å². The molecule has 0 atom stereocenters. The number of rotatable bonds is 6. The van der Waals surface area contributed by atoms with Crippen LogP contribution in [0, 0.1) is 18.3 Å². The number of dihydropyridines is 1. The highest BCUT2D eigenvalue weighted by Crippen LogP contribution is 2.25. The maximum absolute atomic E-state index is 10.00. The van der Waals surface area contributed by atoms with Crippen molar-refractivity contribution in [3.63, 3.8) is 0 Å². The smallest absolute Gasteiger partial charge is 0.223 e. The Bertz CT molecular complexity index is 1060. The summed E-state index contributed by atoms with van der Waals surface area (Å²) in [6.07, 6.45) is 12.5. The third-order valence-electron chi connectivity index (χ3n) is 5.73. The molecule has 1 aromatic carbocycles. The summed E-state index contributed by atoms with van der Waals surface area (Å²) in [7, 11) is 2.04. The number of aryl methyl sites for hydroxylation is 1. The molecule has 4 rings (SSSR count). The largest absolute Gasteiger partial charge is 0.357 e. The number of anilines is 1. The lowest BCUT2D eigenvalue weighted by Gasteiger charge is -2.26. The molecule has 1 saturated carbocycles. The average Bonchev–Trinajstić information content (AvgIpc) is 3.30. The fourth-order valence-corrected chi connectivity index (χ4v) is 4.03. The molecule has 1 fully saturated rings. The van der Waals surface area contributed by atoms with Gasteiger partial charge in [0, 0.05) is 25.8 Å².